The van der Waals surface area contributed by atoms with Gasteiger partial charge in [0.2, 0.25) is 11.8 Å². The van der Waals surface area contributed by atoms with Gasteiger partial charge in [-0.15, -0.1) is 0 Å². The van der Waals surface area contributed by atoms with E-state index in [0.717, 1.165) is 13.8 Å². The van der Waals surface area contributed by atoms with Crippen LogP contribution < -0.4 is 16.4 Å². The fourth-order valence-corrected chi connectivity index (χ4v) is 14.5. The Bertz CT molecular complexity index is 2930. The Balaban J connectivity index is 1.16. The van der Waals surface area contributed by atoms with E-state index < -0.39 is 355 Å². The first-order valence-electron chi connectivity index (χ1n) is 34.3. The number of nitrogens with two attached hydrogens (primary N) is 1. The molecule has 8 heterocycles. The Morgan fingerprint density at radius 3 is 1.34 bits per heavy atom. The molecule has 8 rings (SSSR count). The second kappa shape index (κ2) is 39.9. The molecule has 0 aromatic carbocycles. The van der Waals surface area contributed by atoms with E-state index in [1.165, 1.54) is 0 Å². The predicted octanol–water partition coefficient (Wildman–Crippen LogP) is -19.5. The summed E-state index contributed by atoms with van der Waals surface area (Å²) in [5.74, 6) is -7.45. The van der Waals surface area contributed by atoms with Gasteiger partial charge in [0.05, 0.1) is 65.6 Å². The largest absolute Gasteiger partial charge is 0.477 e. The van der Waals surface area contributed by atoms with Gasteiger partial charge in [-0.2, -0.15) is 0 Å². The molecular formula is C58H100N3O48P. The van der Waals surface area contributed by atoms with Crippen molar-refractivity contribution in [2.24, 2.45) is 5.73 Å². The molecule has 0 spiro atoms. The van der Waals surface area contributed by atoms with Gasteiger partial charge in [-0.3, -0.25) is 18.6 Å². The van der Waals surface area contributed by atoms with E-state index >= 15 is 0 Å². The van der Waals surface area contributed by atoms with Crippen LogP contribution in [0.15, 0.2) is 0 Å². The first-order valence-corrected chi connectivity index (χ1v) is 35.8. The summed E-state index contributed by atoms with van der Waals surface area (Å²) < 4.78 is 112. The van der Waals surface area contributed by atoms with Crippen molar-refractivity contribution < 1.29 is 237 Å². The molecule has 8 fully saturated rings. The Morgan fingerprint density at radius 1 is 0.427 bits per heavy atom. The molecule has 0 radical (unpaired) electrons. The van der Waals surface area contributed by atoms with Crippen LogP contribution in [0.25, 0.3) is 0 Å². The molecule has 31 N–H and O–H groups in total. The zero-order valence-corrected chi connectivity index (χ0v) is 59.0. The van der Waals surface area contributed by atoms with E-state index in [1.54, 1.807) is 0 Å². The molecule has 2 amide bonds. The lowest BCUT2D eigenvalue weighted by Gasteiger charge is -2.53. The number of carboxylic acid groups (broad SMARTS) is 1. The number of ether oxygens (including phenoxy) is 15. The molecule has 43 atom stereocenters. The van der Waals surface area contributed by atoms with Crippen LogP contribution in [0.3, 0.4) is 0 Å². The molecule has 640 valence electrons. The van der Waals surface area contributed by atoms with Gasteiger partial charge in [-0.25, -0.2) is 9.36 Å². The van der Waals surface area contributed by atoms with Crippen LogP contribution >= 0.6 is 7.82 Å². The lowest BCUT2D eigenvalue weighted by molar-refractivity contribution is -0.414. The van der Waals surface area contributed by atoms with Crippen molar-refractivity contribution in [3.8, 4) is 0 Å². The van der Waals surface area contributed by atoms with Crippen molar-refractivity contribution in [1.82, 2.24) is 10.6 Å². The summed E-state index contributed by atoms with van der Waals surface area (Å²) in [6, 6.07) is -3.88. The average molecular weight is 1640 g/mol. The fourth-order valence-electron chi connectivity index (χ4n) is 13.6. The van der Waals surface area contributed by atoms with E-state index in [2.05, 4.69) is 10.6 Å². The minimum Gasteiger partial charge on any atom is -0.477 e. The van der Waals surface area contributed by atoms with Gasteiger partial charge in [0.15, 0.2) is 44.0 Å². The molecule has 1 unspecified atom stereocenters. The summed E-state index contributed by atoms with van der Waals surface area (Å²) >= 11 is 0. The SMILES string of the molecule is CC(=O)N[C@H]1[C@H](O[C@H]2[C@@H](O)[C@@H](CO)O[C@@H](O[C@H]3[C@H](O)[C@@H](O)[C@H](O[C@H]4[C@H](O[C@H]5O[C@H]([C@@H](O)CO)[C@@H](O)[C@H](OP(=O)(O)OCCN)[C@@H]5O[C@H]5O[C@H](CO)[C@@H](O)[C@H](O)[C@H]5NC(C)=O)[C@H](O)[C@@H](O[C@H]5[C@@H]([C@H](O)CO)O[C@@](O)(C(=O)O)C[C@H]5O)O[C@@H]4[C@@H](O)CO)O[C@@H]3CO)[C@@H]2O)O[C@H](CO)[C@@H](O[C@@H]2O[C@H](CO)[C@H](O)[C@H](O)[C@H]2O)[C@@H]1O. The normalized spacial score (nSPS) is 47.0. The number of carbonyl (C=O) groups excluding carboxylic acids is 2. The summed E-state index contributed by atoms with van der Waals surface area (Å²) in [7, 11) is -5.68. The molecule has 8 aliphatic rings. The van der Waals surface area contributed by atoms with Crippen LogP contribution in [0, 0.1) is 0 Å². The summed E-state index contributed by atoms with van der Waals surface area (Å²) in [6.45, 7) is -9.39. The van der Waals surface area contributed by atoms with Crippen molar-refractivity contribution >= 4 is 25.6 Å². The maximum Gasteiger partial charge on any atom is 0.472 e. The van der Waals surface area contributed by atoms with Crippen LogP contribution in [0.5, 0.6) is 0 Å². The smallest absolute Gasteiger partial charge is 0.472 e. The quantitative estimate of drug-likeness (QED) is 0.0271. The second-order valence-electron chi connectivity index (χ2n) is 27.0. The van der Waals surface area contributed by atoms with E-state index in [9.17, 15) is 157 Å². The van der Waals surface area contributed by atoms with Crippen molar-refractivity contribution in [3.63, 3.8) is 0 Å². The van der Waals surface area contributed by atoms with Gasteiger partial charge < -0.3 is 225 Å². The highest BCUT2D eigenvalue weighted by atomic mass is 31.2. The van der Waals surface area contributed by atoms with E-state index in [1.807, 2.05) is 0 Å². The number of hydrogen-bond donors (Lipinski definition) is 30. The highest BCUT2D eigenvalue weighted by Crippen LogP contribution is 2.49. The third-order valence-electron chi connectivity index (χ3n) is 19.3. The third kappa shape index (κ3) is 20.5. The number of aliphatic hydroxyl groups excluding tert-OH is 24. The number of hydrogen-bond acceptors (Lipinski definition) is 47. The van der Waals surface area contributed by atoms with Gasteiger partial charge in [0.25, 0.3) is 5.79 Å². The number of amides is 2. The molecule has 52 heteroatoms. The minimum absolute atomic E-state index is 0.492. The zero-order chi connectivity index (χ0) is 81.6. The molecule has 0 saturated carbocycles. The number of carbonyl (C=O) groups is 3. The fraction of sp³-hybridized carbons (Fsp3) is 0.948. The standard InChI is InChI=1S/C58H100N3O48P/c1-14(70)60-25-30(79)27(76)20(9-65)94-50(25)107-49-47(109-110(91,92)93-4-3-59)36(85)39(17(73)6-62)99-56(49)105-46-38(87)55(100-40-16(72)5-58(90,57(88)89)108-42(40)19(75)8-64)101-41(18(74)7-63)48(46)106-53-35(84)33(82)44(24(13-69)98-53)103-54-37(86)45(29(78)22(11-67)96-54)104-51-26(61-15(2)71)31(80)43(23(12-68)97-51)102-52-34(83)32(81)28(77)21(10-66)95-52/h16-56,62-69,72-87,90H,3-13,59H2,1-2H3,(H,60,70)(H,61,71)(H,88,89)(H,91,92)/t16-,17+,18+,19-,20-,21-,22-,23-,24-,25-,26-,27-,28+,29+,30-,31-,32+,33-,34-,35-,36-,37-,38+,39-,40-,41-,42-,43-,44-,45+,46-,47+,48-,49+,50-,51+,52+,53+,54+,55+,56-,58-/m1/s1. The number of aliphatic hydroxyl groups is 25. The summed E-state index contributed by atoms with van der Waals surface area (Å²) in [6.07, 6.45) is -91.0. The number of aliphatic carboxylic acids is 1. The molecule has 8 aliphatic heterocycles. The summed E-state index contributed by atoms with van der Waals surface area (Å²) in [5, 5.41) is 292. The van der Waals surface area contributed by atoms with Crippen LogP contribution in [0.4, 0.5) is 0 Å². The lowest BCUT2D eigenvalue weighted by Crippen LogP contribution is -2.71. The van der Waals surface area contributed by atoms with Crippen LogP contribution in [-0.2, 0) is 99.0 Å². The summed E-state index contributed by atoms with van der Waals surface area (Å²) in [4.78, 5) is 48.7. The van der Waals surface area contributed by atoms with Crippen molar-refractivity contribution in [2.75, 3.05) is 66.0 Å². The lowest BCUT2D eigenvalue weighted by atomic mass is 9.91. The van der Waals surface area contributed by atoms with Crippen molar-refractivity contribution in [2.45, 2.75) is 277 Å². The molecule has 110 heavy (non-hydrogen) atoms. The van der Waals surface area contributed by atoms with Gasteiger partial charge in [-0.1, -0.05) is 0 Å². The molecular weight excluding hydrogens is 1540 g/mol. The highest BCUT2D eigenvalue weighted by Gasteiger charge is 2.63. The maximum absolute atomic E-state index is 13.8. The Morgan fingerprint density at radius 2 is 0.818 bits per heavy atom. The van der Waals surface area contributed by atoms with E-state index in [4.69, 9.17) is 85.8 Å². The monoisotopic (exact) mass is 1640 g/mol. The van der Waals surface area contributed by atoms with Gasteiger partial charge >= 0.3 is 13.8 Å². The molecule has 51 nitrogen and oxygen atoms in total. The van der Waals surface area contributed by atoms with Crippen LogP contribution in [0.2, 0.25) is 0 Å². The molecule has 8 saturated heterocycles. The van der Waals surface area contributed by atoms with E-state index in [0.29, 0.717) is 0 Å². The maximum atomic E-state index is 13.8. The Hall–Kier alpha value is -3.12. The molecule has 0 aromatic rings. The first-order chi connectivity index (χ1) is 51.8. The molecule has 0 bridgehead atoms. The average Bonchev–Trinajstić information content (AvgIpc) is 0.760. The third-order valence-corrected chi connectivity index (χ3v) is 20.3. The van der Waals surface area contributed by atoms with Crippen LogP contribution in [0.1, 0.15) is 20.3 Å². The van der Waals surface area contributed by atoms with E-state index in [-0.39, 0.29) is 0 Å². The number of phosphoric acid groups is 1. The Labute approximate surface area is 620 Å². The van der Waals surface area contributed by atoms with Crippen molar-refractivity contribution in [1.29, 1.82) is 0 Å². The van der Waals surface area contributed by atoms with Gasteiger partial charge in [0, 0.05) is 26.8 Å². The second-order valence-corrected chi connectivity index (χ2v) is 28.4. The topological polar surface area (TPSA) is 821 Å². The predicted molar refractivity (Wildman–Crippen MR) is 335 cm³/mol. The minimum atomic E-state index is -5.68. The number of phosphoric ester groups is 1. The van der Waals surface area contributed by atoms with Gasteiger partial charge in [0.1, 0.15) is 201 Å². The zero-order valence-electron chi connectivity index (χ0n) is 58.1. The molecule has 0 aliphatic carbocycles. The first kappa shape index (κ1) is 92.4. The Kier molecular flexibility index (Phi) is 33.5. The number of rotatable bonds is 33. The summed E-state index contributed by atoms with van der Waals surface area (Å²) in [5.41, 5.74) is 5.50. The number of nitrogens with one attached hydrogen (secondary N) is 2. The molecule has 0 aromatic heterocycles. The number of carboxylic acids is 1. The highest BCUT2D eigenvalue weighted by molar-refractivity contribution is 7.47. The van der Waals surface area contributed by atoms with Crippen molar-refractivity contribution in [3.05, 3.63) is 0 Å². The van der Waals surface area contributed by atoms with Gasteiger partial charge in [-0.05, 0) is 0 Å². The van der Waals surface area contributed by atoms with Crippen LogP contribution in [-0.4, -0.2) is 479 Å².